The molecular weight excluding hydrogens is 402 g/mol. The second-order valence-corrected chi connectivity index (χ2v) is 8.47. The minimum absolute atomic E-state index is 0.111. The number of anilines is 1. The molecule has 1 N–H and O–H groups in total. The Morgan fingerprint density at radius 3 is 2.59 bits per heavy atom. The smallest absolute Gasteiger partial charge is 0.290 e. The van der Waals surface area contributed by atoms with Crippen LogP contribution >= 0.6 is 0 Å². The molecule has 3 heterocycles. The Balaban J connectivity index is 1.16. The van der Waals surface area contributed by atoms with Gasteiger partial charge in [-0.25, -0.2) is 0 Å². The van der Waals surface area contributed by atoms with Crippen molar-refractivity contribution in [3.05, 3.63) is 89.4 Å². The average Bonchev–Trinajstić information content (AvgIpc) is 3.59. The Morgan fingerprint density at radius 2 is 1.78 bits per heavy atom. The first-order valence-electron chi connectivity index (χ1n) is 11.2. The highest BCUT2D eigenvalue weighted by Gasteiger charge is 2.35. The summed E-state index contributed by atoms with van der Waals surface area (Å²) in [6.07, 6.45) is 4.07. The lowest BCUT2D eigenvalue weighted by molar-refractivity contribution is -0.125. The Kier molecular flexibility index (Phi) is 5.67. The zero-order valence-corrected chi connectivity index (χ0v) is 18.0. The molecular formula is C26H27N3O3. The van der Waals surface area contributed by atoms with Crippen molar-refractivity contribution in [1.82, 2.24) is 10.2 Å². The lowest BCUT2D eigenvalue weighted by Gasteiger charge is -2.23. The van der Waals surface area contributed by atoms with E-state index in [0.29, 0.717) is 19.5 Å². The number of hydrogen-bond donors (Lipinski definition) is 1. The van der Waals surface area contributed by atoms with Crippen LogP contribution in [-0.4, -0.2) is 35.8 Å². The van der Waals surface area contributed by atoms with E-state index in [4.69, 9.17) is 4.42 Å². The molecule has 1 aromatic heterocycles. The van der Waals surface area contributed by atoms with Crippen LogP contribution in [0.4, 0.5) is 5.69 Å². The van der Waals surface area contributed by atoms with Gasteiger partial charge in [-0.3, -0.25) is 9.59 Å². The average molecular weight is 430 g/mol. The molecule has 0 bridgehead atoms. The van der Waals surface area contributed by atoms with E-state index in [1.807, 2.05) is 0 Å². The summed E-state index contributed by atoms with van der Waals surface area (Å²) in [6, 6.07) is 19.9. The summed E-state index contributed by atoms with van der Waals surface area (Å²) < 4.78 is 5.22. The van der Waals surface area contributed by atoms with Gasteiger partial charge in [0.1, 0.15) is 6.04 Å². The van der Waals surface area contributed by atoms with Crippen LogP contribution in [0.25, 0.3) is 0 Å². The molecule has 0 spiro atoms. The van der Waals surface area contributed by atoms with Gasteiger partial charge in [0.15, 0.2) is 5.76 Å². The fourth-order valence-electron chi connectivity index (χ4n) is 4.68. The summed E-state index contributed by atoms with van der Waals surface area (Å²) in [7, 11) is 0. The number of hydrogen-bond acceptors (Lipinski definition) is 4. The minimum Gasteiger partial charge on any atom is -0.459 e. The minimum atomic E-state index is -0.442. The molecule has 2 aliphatic rings. The number of nitrogens with one attached hydrogen (secondary N) is 1. The van der Waals surface area contributed by atoms with E-state index >= 15 is 0 Å². The zero-order valence-electron chi connectivity index (χ0n) is 18.0. The molecule has 3 aromatic rings. The van der Waals surface area contributed by atoms with Crippen LogP contribution in [0.3, 0.4) is 0 Å². The molecule has 1 atom stereocenters. The van der Waals surface area contributed by atoms with Gasteiger partial charge in [0.05, 0.1) is 6.26 Å². The first-order chi connectivity index (χ1) is 15.7. The lowest BCUT2D eigenvalue weighted by atomic mass is 10.1. The van der Waals surface area contributed by atoms with Crippen LogP contribution in [0, 0.1) is 0 Å². The van der Waals surface area contributed by atoms with Gasteiger partial charge in [0, 0.05) is 31.9 Å². The van der Waals surface area contributed by atoms with E-state index in [2.05, 4.69) is 58.7 Å². The molecule has 32 heavy (non-hydrogen) atoms. The van der Waals surface area contributed by atoms with Crippen molar-refractivity contribution < 1.29 is 14.0 Å². The maximum Gasteiger partial charge on any atom is 0.290 e. The van der Waals surface area contributed by atoms with Crippen molar-refractivity contribution in [3.8, 4) is 0 Å². The van der Waals surface area contributed by atoms with Gasteiger partial charge in [-0.15, -0.1) is 0 Å². The van der Waals surface area contributed by atoms with E-state index in [1.165, 1.54) is 23.1 Å². The Labute approximate surface area is 187 Å². The fourth-order valence-corrected chi connectivity index (χ4v) is 4.68. The van der Waals surface area contributed by atoms with Crippen LogP contribution in [0.5, 0.6) is 0 Å². The third kappa shape index (κ3) is 4.13. The molecule has 0 unspecified atom stereocenters. The number of amides is 2. The van der Waals surface area contributed by atoms with Gasteiger partial charge in [-0.2, -0.15) is 0 Å². The third-order valence-corrected chi connectivity index (χ3v) is 6.39. The topological polar surface area (TPSA) is 65.8 Å². The quantitative estimate of drug-likeness (QED) is 0.648. The van der Waals surface area contributed by atoms with E-state index in [0.717, 1.165) is 31.5 Å². The predicted octanol–water partition coefficient (Wildman–Crippen LogP) is 3.76. The fraction of sp³-hybridized carbons (Fsp3) is 0.308. The van der Waals surface area contributed by atoms with Gasteiger partial charge in [0.2, 0.25) is 5.91 Å². The summed E-state index contributed by atoms with van der Waals surface area (Å²) in [4.78, 5) is 29.4. The molecule has 0 aliphatic carbocycles. The van der Waals surface area contributed by atoms with Crippen molar-refractivity contribution in [3.63, 3.8) is 0 Å². The summed E-state index contributed by atoms with van der Waals surface area (Å²) in [6.45, 7) is 2.96. The maximum atomic E-state index is 12.8. The zero-order chi connectivity index (χ0) is 21.9. The number of benzene rings is 2. The van der Waals surface area contributed by atoms with Crippen molar-refractivity contribution in [1.29, 1.82) is 0 Å². The number of rotatable bonds is 6. The first kappa shape index (κ1) is 20.4. The molecule has 2 amide bonds. The largest absolute Gasteiger partial charge is 0.459 e. The highest BCUT2D eigenvalue weighted by atomic mass is 16.3. The molecule has 164 valence electrons. The van der Waals surface area contributed by atoms with Gasteiger partial charge in [0.25, 0.3) is 5.91 Å². The molecule has 5 rings (SSSR count). The highest BCUT2D eigenvalue weighted by molar-refractivity contribution is 5.95. The SMILES string of the molecule is O=C(NCc1ccc(CN2CCc3ccccc32)cc1)[C@@H]1CCCN1C(=O)c1ccco1. The second-order valence-electron chi connectivity index (χ2n) is 8.47. The molecule has 2 aliphatic heterocycles. The Bertz CT molecular complexity index is 1090. The molecule has 6 nitrogen and oxygen atoms in total. The summed E-state index contributed by atoms with van der Waals surface area (Å²) in [5.41, 5.74) is 5.04. The first-order valence-corrected chi connectivity index (χ1v) is 11.2. The van der Waals surface area contributed by atoms with Gasteiger partial charge >= 0.3 is 0 Å². The number of carbonyl (C=O) groups excluding carboxylic acids is 2. The molecule has 1 fully saturated rings. The molecule has 2 aromatic carbocycles. The summed E-state index contributed by atoms with van der Waals surface area (Å²) in [5.74, 6) is -0.0541. The van der Waals surface area contributed by atoms with Crippen molar-refractivity contribution in [2.45, 2.75) is 38.4 Å². The number of nitrogens with zero attached hydrogens (tertiary/aromatic N) is 2. The van der Waals surface area contributed by atoms with E-state index in [1.54, 1.807) is 17.0 Å². The van der Waals surface area contributed by atoms with E-state index in [-0.39, 0.29) is 17.6 Å². The molecule has 0 saturated carbocycles. The number of fused-ring (bicyclic) bond motifs is 1. The van der Waals surface area contributed by atoms with Gasteiger partial charge in [-0.1, -0.05) is 42.5 Å². The van der Waals surface area contributed by atoms with Gasteiger partial charge in [-0.05, 0) is 54.2 Å². The van der Waals surface area contributed by atoms with E-state index < -0.39 is 6.04 Å². The van der Waals surface area contributed by atoms with Crippen molar-refractivity contribution in [2.75, 3.05) is 18.0 Å². The maximum absolute atomic E-state index is 12.8. The summed E-state index contributed by atoms with van der Waals surface area (Å²) >= 11 is 0. The summed E-state index contributed by atoms with van der Waals surface area (Å²) in [5, 5.41) is 3.00. The number of carbonyl (C=O) groups is 2. The normalized spacial score (nSPS) is 17.4. The molecule has 0 radical (unpaired) electrons. The van der Waals surface area contributed by atoms with Crippen molar-refractivity contribution >= 4 is 17.5 Å². The van der Waals surface area contributed by atoms with Crippen molar-refractivity contribution in [2.24, 2.45) is 0 Å². The second kappa shape index (κ2) is 8.91. The van der Waals surface area contributed by atoms with Crippen LogP contribution in [-0.2, 0) is 24.3 Å². The number of furan rings is 1. The molecule has 6 heteroatoms. The third-order valence-electron chi connectivity index (χ3n) is 6.39. The van der Waals surface area contributed by atoms with Crippen LogP contribution in [0.15, 0.2) is 71.3 Å². The monoisotopic (exact) mass is 429 g/mol. The standard InChI is InChI=1S/C26H27N3O3/c30-25(23-7-3-14-29(23)26(31)24-8-4-16-32-24)27-17-19-9-11-20(12-10-19)18-28-15-13-21-5-1-2-6-22(21)28/h1-2,4-6,8-12,16,23H,3,7,13-15,17-18H2,(H,27,30)/t23-/m0/s1. The predicted molar refractivity (Wildman–Crippen MR) is 122 cm³/mol. The Hall–Kier alpha value is -3.54. The van der Waals surface area contributed by atoms with Crippen LogP contribution in [0.2, 0.25) is 0 Å². The van der Waals surface area contributed by atoms with E-state index in [9.17, 15) is 9.59 Å². The molecule has 1 saturated heterocycles. The Morgan fingerprint density at radius 1 is 0.969 bits per heavy atom. The van der Waals surface area contributed by atoms with Crippen LogP contribution < -0.4 is 10.2 Å². The van der Waals surface area contributed by atoms with Crippen LogP contribution in [0.1, 0.15) is 40.1 Å². The lowest BCUT2D eigenvalue weighted by Crippen LogP contribution is -2.45. The number of likely N-dealkylation sites (tertiary alicyclic amines) is 1. The number of para-hydroxylation sites is 1. The van der Waals surface area contributed by atoms with Gasteiger partial charge < -0.3 is 19.5 Å². The highest BCUT2D eigenvalue weighted by Crippen LogP contribution is 2.28.